The summed E-state index contributed by atoms with van der Waals surface area (Å²) in [4.78, 5) is 24.2. The molecule has 60 valence electrons. The molecule has 0 bridgehead atoms. The molecule has 4 nitrogen and oxygen atoms in total. The molecule has 0 fully saturated rings. The predicted octanol–water partition coefficient (Wildman–Crippen LogP) is 0.224. The Morgan fingerprint density at radius 2 is 2.09 bits per heavy atom. The summed E-state index contributed by atoms with van der Waals surface area (Å²) >= 11 is 0. The van der Waals surface area contributed by atoms with Crippen LogP contribution < -0.4 is 5.69 Å². The summed E-state index contributed by atoms with van der Waals surface area (Å²) in [6, 6.07) is 0. The van der Waals surface area contributed by atoms with Gasteiger partial charge in [0.2, 0.25) is 0 Å². The number of aromatic amines is 1. The number of nitrogens with zero attached hydrogens (tertiary/aromatic N) is 1. The molecule has 0 atom stereocenters. The number of ketones is 1. The second-order valence-corrected chi connectivity index (χ2v) is 2.51. The third-order valence-electron chi connectivity index (χ3n) is 1.75. The van der Waals surface area contributed by atoms with Crippen molar-refractivity contribution >= 4 is 5.78 Å². The van der Waals surface area contributed by atoms with Crippen LogP contribution >= 0.6 is 0 Å². The van der Waals surface area contributed by atoms with Crippen LogP contribution in [0.25, 0.3) is 0 Å². The van der Waals surface area contributed by atoms with Crippen molar-refractivity contribution in [1.82, 2.24) is 9.55 Å². The molecule has 1 aromatic rings. The van der Waals surface area contributed by atoms with E-state index >= 15 is 0 Å². The second kappa shape index (κ2) is 2.38. The Hall–Kier alpha value is -1.32. The molecule has 0 aliphatic heterocycles. The molecule has 0 saturated carbocycles. The molecule has 11 heavy (non-hydrogen) atoms. The molecule has 4 heteroatoms. The molecule has 1 rings (SSSR count). The highest BCUT2D eigenvalue weighted by Gasteiger charge is 2.09. The Bertz CT molecular complexity index is 346. The molecule has 0 amide bonds. The van der Waals surface area contributed by atoms with E-state index in [1.165, 1.54) is 11.5 Å². The van der Waals surface area contributed by atoms with E-state index in [2.05, 4.69) is 4.98 Å². The van der Waals surface area contributed by atoms with Crippen LogP contribution in [-0.4, -0.2) is 15.3 Å². The van der Waals surface area contributed by atoms with E-state index in [9.17, 15) is 9.59 Å². The Morgan fingerprint density at radius 1 is 1.55 bits per heavy atom. The van der Waals surface area contributed by atoms with Gasteiger partial charge in [-0.2, -0.15) is 0 Å². The van der Waals surface area contributed by atoms with Crippen LogP contribution in [0.2, 0.25) is 0 Å². The Kier molecular flexibility index (Phi) is 1.68. The minimum Gasteiger partial charge on any atom is -0.303 e. The maximum atomic E-state index is 10.9. The zero-order chi connectivity index (χ0) is 8.59. The van der Waals surface area contributed by atoms with Crippen molar-refractivity contribution in [2.24, 2.45) is 7.05 Å². The number of hydrogen-bond acceptors (Lipinski definition) is 2. The fourth-order valence-electron chi connectivity index (χ4n) is 0.944. The number of aromatic nitrogens is 2. The molecular weight excluding hydrogens is 144 g/mol. The first-order valence-electron chi connectivity index (χ1n) is 3.30. The van der Waals surface area contributed by atoms with Gasteiger partial charge in [-0.3, -0.25) is 9.36 Å². The molecule has 1 aromatic heterocycles. The van der Waals surface area contributed by atoms with Gasteiger partial charge in [0.15, 0.2) is 5.78 Å². The largest absolute Gasteiger partial charge is 0.326 e. The second-order valence-electron chi connectivity index (χ2n) is 2.51. The Morgan fingerprint density at radius 3 is 2.27 bits per heavy atom. The van der Waals surface area contributed by atoms with Crippen molar-refractivity contribution < 1.29 is 4.79 Å². The van der Waals surface area contributed by atoms with Crippen LogP contribution in [0, 0.1) is 6.92 Å². The van der Waals surface area contributed by atoms with Gasteiger partial charge in [0.25, 0.3) is 0 Å². The fourth-order valence-corrected chi connectivity index (χ4v) is 0.944. The lowest BCUT2D eigenvalue weighted by atomic mass is 10.3. The third-order valence-corrected chi connectivity index (χ3v) is 1.75. The van der Waals surface area contributed by atoms with E-state index in [1.54, 1.807) is 14.0 Å². The molecule has 1 N–H and O–H groups in total. The monoisotopic (exact) mass is 154 g/mol. The molecule has 0 spiro atoms. The number of carbonyl (C=O) groups excluding carboxylic acids is 1. The van der Waals surface area contributed by atoms with Crippen LogP contribution in [0.3, 0.4) is 0 Å². The van der Waals surface area contributed by atoms with E-state index in [0.29, 0.717) is 11.4 Å². The summed E-state index contributed by atoms with van der Waals surface area (Å²) in [5.74, 6) is -0.111. The van der Waals surface area contributed by atoms with E-state index in [0.717, 1.165) is 0 Å². The minimum atomic E-state index is -0.243. The van der Waals surface area contributed by atoms with Gasteiger partial charge in [0.05, 0.1) is 0 Å². The van der Waals surface area contributed by atoms with Gasteiger partial charge in [-0.05, 0) is 6.92 Å². The standard InChI is InChI=1S/C7H10N2O2/c1-4-6(5(2)10)8-7(11)9(4)3/h1-3H3,(H,8,11). The van der Waals surface area contributed by atoms with E-state index in [-0.39, 0.29) is 11.5 Å². The molecule has 0 radical (unpaired) electrons. The lowest BCUT2D eigenvalue weighted by Gasteiger charge is -1.93. The molecule has 0 saturated heterocycles. The highest BCUT2D eigenvalue weighted by molar-refractivity contribution is 5.93. The molecule has 1 heterocycles. The average molecular weight is 154 g/mol. The van der Waals surface area contributed by atoms with Crippen molar-refractivity contribution in [3.8, 4) is 0 Å². The van der Waals surface area contributed by atoms with E-state index in [1.807, 2.05) is 0 Å². The van der Waals surface area contributed by atoms with Gasteiger partial charge in [0, 0.05) is 19.7 Å². The number of imidazole rings is 1. The SMILES string of the molecule is CC(=O)c1[nH]c(=O)n(C)c1C. The average Bonchev–Trinajstić information content (AvgIpc) is 2.17. The highest BCUT2D eigenvalue weighted by atomic mass is 16.2. The van der Waals surface area contributed by atoms with Crippen molar-refractivity contribution in [2.45, 2.75) is 13.8 Å². The fraction of sp³-hybridized carbons (Fsp3) is 0.429. The lowest BCUT2D eigenvalue weighted by molar-refractivity contribution is 0.101. The number of carbonyl (C=O) groups is 1. The lowest BCUT2D eigenvalue weighted by Crippen LogP contribution is -2.13. The van der Waals surface area contributed by atoms with Gasteiger partial charge in [-0.15, -0.1) is 0 Å². The van der Waals surface area contributed by atoms with E-state index < -0.39 is 0 Å². The van der Waals surface area contributed by atoms with Gasteiger partial charge in [0.1, 0.15) is 5.69 Å². The molecule has 0 unspecified atom stereocenters. The first-order valence-corrected chi connectivity index (χ1v) is 3.30. The van der Waals surface area contributed by atoms with Crippen molar-refractivity contribution in [3.05, 3.63) is 21.9 Å². The Balaban J connectivity index is 3.42. The van der Waals surface area contributed by atoms with Crippen LogP contribution in [0.4, 0.5) is 0 Å². The van der Waals surface area contributed by atoms with Gasteiger partial charge < -0.3 is 4.98 Å². The first kappa shape index (κ1) is 7.78. The Labute approximate surface area is 63.9 Å². The zero-order valence-corrected chi connectivity index (χ0v) is 6.76. The summed E-state index contributed by atoms with van der Waals surface area (Å²) in [5.41, 5.74) is 0.840. The summed E-state index contributed by atoms with van der Waals surface area (Å²) in [5, 5.41) is 0. The summed E-state index contributed by atoms with van der Waals surface area (Å²) in [6.07, 6.45) is 0. The van der Waals surface area contributed by atoms with Crippen molar-refractivity contribution in [2.75, 3.05) is 0 Å². The maximum absolute atomic E-state index is 10.9. The molecular formula is C7H10N2O2. The predicted molar refractivity (Wildman–Crippen MR) is 40.8 cm³/mol. The highest BCUT2D eigenvalue weighted by Crippen LogP contribution is 2.00. The number of nitrogens with one attached hydrogen (secondary N) is 1. The number of Topliss-reactive ketones (excluding diaryl/α,β-unsaturated/α-hetero) is 1. The molecule has 0 aliphatic carbocycles. The van der Waals surface area contributed by atoms with Crippen molar-refractivity contribution in [3.63, 3.8) is 0 Å². The van der Waals surface area contributed by atoms with Gasteiger partial charge >= 0.3 is 5.69 Å². The quantitative estimate of drug-likeness (QED) is 0.588. The normalized spacial score (nSPS) is 10.1. The minimum absolute atomic E-state index is 0.111. The molecule has 0 aromatic carbocycles. The van der Waals surface area contributed by atoms with Gasteiger partial charge in [-0.25, -0.2) is 4.79 Å². The van der Waals surface area contributed by atoms with Crippen LogP contribution in [0.15, 0.2) is 4.79 Å². The van der Waals surface area contributed by atoms with E-state index in [4.69, 9.17) is 0 Å². The topological polar surface area (TPSA) is 54.9 Å². The van der Waals surface area contributed by atoms with Crippen LogP contribution in [-0.2, 0) is 7.05 Å². The van der Waals surface area contributed by atoms with Crippen molar-refractivity contribution in [1.29, 1.82) is 0 Å². The smallest absolute Gasteiger partial charge is 0.303 e. The summed E-state index contributed by atoms with van der Waals surface area (Å²) < 4.78 is 1.41. The maximum Gasteiger partial charge on any atom is 0.326 e. The number of H-pyrrole nitrogens is 1. The molecule has 0 aliphatic rings. The summed E-state index contributed by atoms with van der Waals surface area (Å²) in [6.45, 7) is 3.16. The number of rotatable bonds is 1. The van der Waals surface area contributed by atoms with Gasteiger partial charge in [-0.1, -0.05) is 0 Å². The first-order chi connectivity index (χ1) is 5.04. The summed E-state index contributed by atoms with van der Waals surface area (Å²) in [7, 11) is 1.63. The number of hydrogen-bond donors (Lipinski definition) is 1. The van der Waals surface area contributed by atoms with Crippen LogP contribution in [0.5, 0.6) is 0 Å². The third kappa shape index (κ3) is 1.11. The van der Waals surface area contributed by atoms with Crippen LogP contribution in [0.1, 0.15) is 23.1 Å². The zero-order valence-electron chi connectivity index (χ0n) is 6.76.